The maximum absolute atomic E-state index is 5.85. The summed E-state index contributed by atoms with van der Waals surface area (Å²) >= 11 is 0. The molecule has 0 aliphatic carbocycles. The van der Waals surface area contributed by atoms with Crippen molar-refractivity contribution in [2.75, 3.05) is 6.61 Å². The van der Waals surface area contributed by atoms with Crippen LogP contribution in [0.5, 0.6) is 5.75 Å². The van der Waals surface area contributed by atoms with Crippen molar-refractivity contribution in [2.45, 2.75) is 19.4 Å². The molecule has 2 N–H and O–H groups in total. The average Bonchev–Trinajstić information content (AvgIpc) is 2.48. The monoisotopic (exact) mass is 253 g/mol. The molecule has 0 fully saturated rings. The van der Waals surface area contributed by atoms with Crippen LogP contribution in [0.15, 0.2) is 48.5 Å². The zero-order valence-electron chi connectivity index (χ0n) is 11.0. The molecule has 1 atom stereocenters. The van der Waals surface area contributed by atoms with Crippen LogP contribution in [-0.4, -0.2) is 6.61 Å². The summed E-state index contributed by atoms with van der Waals surface area (Å²) in [6, 6.07) is 16.8. The van der Waals surface area contributed by atoms with Crippen molar-refractivity contribution in [3.63, 3.8) is 0 Å². The molecule has 0 aromatic heterocycles. The van der Waals surface area contributed by atoms with Crippen LogP contribution < -0.4 is 10.5 Å². The van der Waals surface area contributed by atoms with Crippen molar-refractivity contribution in [2.24, 2.45) is 11.7 Å². The molecule has 2 heteroatoms. The van der Waals surface area contributed by atoms with E-state index in [0.717, 1.165) is 25.2 Å². The summed E-state index contributed by atoms with van der Waals surface area (Å²) in [5.74, 6) is 1.59. The van der Waals surface area contributed by atoms with Gasteiger partial charge >= 0.3 is 0 Å². The third-order valence-corrected chi connectivity index (χ3v) is 3.80. The van der Waals surface area contributed by atoms with Gasteiger partial charge in [0.25, 0.3) is 0 Å². The lowest BCUT2D eigenvalue weighted by molar-refractivity contribution is 0.221. The molecule has 1 unspecified atom stereocenters. The summed E-state index contributed by atoms with van der Waals surface area (Å²) in [5.41, 5.74) is 9.73. The highest BCUT2D eigenvalue weighted by Crippen LogP contribution is 2.29. The lowest BCUT2D eigenvalue weighted by Gasteiger charge is -2.25. The Bertz CT molecular complexity index is 565. The van der Waals surface area contributed by atoms with Crippen LogP contribution in [-0.2, 0) is 19.4 Å². The molecule has 2 aromatic carbocycles. The van der Waals surface area contributed by atoms with Crippen LogP contribution in [0.3, 0.4) is 0 Å². The predicted octanol–water partition coefficient (Wildman–Crippen LogP) is 2.94. The summed E-state index contributed by atoms with van der Waals surface area (Å²) < 4.78 is 5.85. The van der Waals surface area contributed by atoms with E-state index in [4.69, 9.17) is 10.5 Å². The second kappa shape index (κ2) is 5.45. The number of fused-ring (bicyclic) bond motifs is 1. The van der Waals surface area contributed by atoms with Gasteiger partial charge in [0.15, 0.2) is 0 Å². The molecule has 0 saturated heterocycles. The summed E-state index contributed by atoms with van der Waals surface area (Å²) in [4.78, 5) is 0. The number of ether oxygens (including phenoxy) is 1. The minimum absolute atomic E-state index is 0.544. The molecule has 98 valence electrons. The first-order chi connectivity index (χ1) is 9.36. The lowest BCUT2D eigenvalue weighted by atomic mass is 9.89. The molecule has 0 amide bonds. The Morgan fingerprint density at radius 1 is 1.00 bits per heavy atom. The van der Waals surface area contributed by atoms with Crippen molar-refractivity contribution < 1.29 is 4.74 Å². The third kappa shape index (κ3) is 2.64. The molecule has 0 bridgehead atoms. The van der Waals surface area contributed by atoms with Gasteiger partial charge in [0, 0.05) is 12.5 Å². The molecule has 1 heterocycles. The Morgan fingerprint density at radius 3 is 2.58 bits per heavy atom. The Balaban J connectivity index is 1.75. The van der Waals surface area contributed by atoms with Crippen LogP contribution in [0.2, 0.25) is 0 Å². The molecular formula is C17H19NO. The first-order valence-corrected chi connectivity index (χ1v) is 6.84. The highest BCUT2D eigenvalue weighted by molar-refractivity contribution is 5.36. The van der Waals surface area contributed by atoms with Crippen molar-refractivity contribution in [1.29, 1.82) is 0 Å². The zero-order chi connectivity index (χ0) is 13.1. The zero-order valence-corrected chi connectivity index (χ0v) is 11.0. The molecule has 2 aromatic rings. The number of para-hydroxylation sites is 1. The molecule has 19 heavy (non-hydrogen) atoms. The van der Waals surface area contributed by atoms with E-state index < -0.39 is 0 Å². The van der Waals surface area contributed by atoms with E-state index in [-0.39, 0.29) is 0 Å². The summed E-state index contributed by atoms with van der Waals surface area (Å²) in [6.45, 7) is 1.41. The maximum Gasteiger partial charge on any atom is 0.122 e. The summed E-state index contributed by atoms with van der Waals surface area (Å²) in [6.07, 6.45) is 2.14. The topological polar surface area (TPSA) is 35.2 Å². The van der Waals surface area contributed by atoms with E-state index in [0.29, 0.717) is 12.5 Å². The third-order valence-electron chi connectivity index (χ3n) is 3.80. The fourth-order valence-electron chi connectivity index (χ4n) is 2.79. The highest BCUT2D eigenvalue weighted by Gasteiger charge is 2.20. The van der Waals surface area contributed by atoms with Gasteiger partial charge < -0.3 is 10.5 Å². The van der Waals surface area contributed by atoms with Crippen LogP contribution in [0.25, 0.3) is 0 Å². The Hall–Kier alpha value is -1.80. The molecule has 0 saturated carbocycles. The molecule has 0 spiro atoms. The Kier molecular flexibility index (Phi) is 3.51. The standard InChI is InChI=1S/C17H19NO/c18-11-16-7-2-1-5-14(16)9-13-10-15-6-3-4-8-17(15)19-12-13/h1-8,13H,9-12,18H2. The van der Waals surface area contributed by atoms with Gasteiger partial charge in [0.2, 0.25) is 0 Å². The van der Waals surface area contributed by atoms with E-state index in [1.165, 1.54) is 16.7 Å². The summed E-state index contributed by atoms with van der Waals surface area (Å²) in [5, 5.41) is 0. The van der Waals surface area contributed by atoms with Crippen molar-refractivity contribution in [1.82, 2.24) is 0 Å². The Labute approximate surface area is 114 Å². The first kappa shape index (κ1) is 12.2. The van der Waals surface area contributed by atoms with E-state index in [1.54, 1.807) is 0 Å². The number of nitrogens with two attached hydrogens (primary N) is 1. The quantitative estimate of drug-likeness (QED) is 0.912. The molecule has 0 radical (unpaired) electrons. The van der Waals surface area contributed by atoms with Gasteiger partial charge in [-0.2, -0.15) is 0 Å². The normalized spacial score (nSPS) is 17.6. The molecule has 1 aliphatic rings. The van der Waals surface area contributed by atoms with Crippen LogP contribution >= 0.6 is 0 Å². The smallest absolute Gasteiger partial charge is 0.122 e. The fourth-order valence-corrected chi connectivity index (χ4v) is 2.79. The number of rotatable bonds is 3. The number of hydrogen-bond donors (Lipinski definition) is 1. The van der Waals surface area contributed by atoms with E-state index in [1.807, 2.05) is 6.07 Å². The second-order valence-corrected chi connectivity index (χ2v) is 5.17. The van der Waals surface area contributed by atoms with Gasteiger partial charge in [-0.05, 0) is 35.6 Å². The van der Waals surface area contributed by atoms with Crippen molar-refractivity contribution >= 4 is 0 Å². The van der Waals surface area contributed by atoms with Gasteiger partial charge in [-0.1, -0.05) is 42.5 Å². The van der Waals surface area contributed by atoms with Crippen molar-refractivity contribution in [3.8, 4) is 5.75 Å². The van der Waals surface area contributed by atoms with E-state index >= 15 is 0 Å². The highest BCUT2D eigenvalue weighted by atomic mass is 16.5. The minimum atomic E-state index is 0.544. The van der Waals surface area contributed by atoms with E-state index in [9.17, 15) is 0 Å². The van der Waals surface area contributed by atoms with Gasteiger partial charge in [-0.25, -0.2) is 0 Å². The SMILES string of the molecule is NCc1ccccc1CC1COc2ccccc2C1. The van der Waals surface area contributed by atoms with Crippen LogP contribution in [0, 0.1) is 5.92 Å². The molecular weight excluding hydrogens is 234 g/mol. The Morgan fingerprint density at radius 2 is 1.74 bits per heavy atom. The lowest BCUT2D eigenvalue weighted by Crippen LogP contribution is -2.23. The number of benzene rings is 2. The van der Waals surface area contributed by atoms with Gasteiger partial charge in [0.1, 0.15) is 5.75 Å². The molecule has 3 rings (SSSR count). The van der Waals surface area contributed by atoms with Crippen molar-refractivity contribution in [3.05, 3.63) is 65.2 Å². The fraction of sp³-hybridized carbons (Fsp3) is 0.294. The molecule has 1 aliphatic heterocycles. The number of hydrogen-bond acceptors (Lipinski definition) is 2. The second-order valence-electron chi connectivity index (χ2n) is 5.17. The average molecular weight is 253 g/mol. The first-order valence-electron chi connectivity index (χ1n) is 6.84. The molecule has 2 nitrogen and oxygen atoms in total. The van der Waals surface area contributed by atoms with Gasteiger partial charge in [0.05, 0.1) is 6.61 Å². The van der Waals surface area contributed by atoms with Crippen LogP contribution in [0.1, 0.15) is 16.7 Å². The van der Waals surface area contributed by atoms with Crippen LogP contribution in [0.4, 0.5) is 0 Å². The summed E-state index contributed by atoms with van der Waals surface area (Å²) in [7, 11) is 0. The van der Waals surface area contributed by atoms with Gasteiger partial charge in [-0.15, -0.1) is 0 Å². The maximum atomic E-state index is 5.85. The largest absolute Gasteiger partial charge is 0.493 e. The predicted molar refractivity (Wildman–Crippen MR) is 77.2 cm³/mol. The van der Waals surface area contributed by atoms with Gasteiger partial charge in [-0.3, -0.25) is 0 Å². The van der Waals surface area contributed by atoms with E-state index in [2.05, 4.69) is 42.5 Å². The minimum Gasteiger partial charge on any atom is -0.493 e.